The van der Waals surface area contributed by atoms with Gasteiger partial charge in [-0.1, -0.05) is 19.3 Å². The first-order chi connectivity index (χ1) is 6.84. The highest BCUT2D eigenvalue weighted by Crippen LogP contribution is 2.23. The van der Waals surface area contributed by atoms with Crippen LogP contribution in [0.2, 0.25) is 0 Å². The Kier molecular flexibility index (Phi) is 3.82. The zero-order valence-electron chi connectivity index (χ0n) is 9.30. The van der Waals surface area contributed by atoms with Gasteiger partial charge in [-0.25, -0.2) is 0 Å². The zero-order chi connectivity index (χ0) is 9.80. The molecule has 0 bridgehead atoms. The van der Waals surface area contributed by atoms with E-state index in [1.807, 2.05) is 0 Å². The molecule has 2 unspecified atom stereocenters. The Bertz CT molecular complexity index is 166. The standard InChI is InChI=1S/C12H23NO/c1-10-6-5-9-12(13-10)14-11-7-3-2-4-8-11/h10-13H,2-9H2,1H3. The first-order valence-corrected chi connectivity index (χ1v) is 6.26. The number of hydrogen-bond donors (Lipinski definition) is 1. The molecule has 0 amide bonds. The molecular formula is C12H23NO. The molecule has 2 nitrogen and oxygen atoms in total. The Hall–Kier alpha value is -0.0800. The molecule has 0 aromatic heterocycles. The maximum atomic E-state index is 6.09. The van der Waals surface area contributed by atoms with Crippen molar-refractivity contribution in [2.24, 2.45) is 0 Å². The van der Waals surface area contributed by atoms with E-state index in [1.165, 1.54) is 51.4 Å². The van der Waals surface area contributed by atoms with Gasteiger partial charge in [0.1, 0.15) is 6.23 Å². The van der Waals surface area contributed by atoms with Gasteiger partial charge in [-0.05, 0) is 39.0 Å². The maximum absolute atomic E-state index is 6.09. The summed E-state index contributed by atoms with van der Waals surface area (Å²) < 4.78 is 6.09. The molecule has 1 saturated heterocycles. The number of nitrogens with one attached hydrogen (secondary N) is 1. The Morgan fingerprint density at radius 3 is 2.43 bits per heavy atom. The molecule has 1 N–H and O–H groups in total. The van der Waals surface area contributed by atoms with Gasteiger partial charge in [0.05, 0.1) is 6.10 Å². The predicted molar refractivity (Wildman–Crippen MR) is 58.2 cm³/mol. The minimum absolute atomic E-state index is 0.349. The summed E-state index contributed by atoms with van der Waals surface area (Å²) in [5.41, 5.74) is 0. The highest BCUT2D eigenvalue weighted by molar-refractivity contribution is 4.74. The first-order valence-electron chi connectivity index (χ1n) is 6.26. The van der Waals surface area contributed by atoms with Crippen LogP contribution in [0.1, 0.15) is 58.3 Å². The van der Waals surface area contributed by atoms with Crippen LogP contribution in [0.5, 0.6) is 0 Å². The van der Waals surface area contributed by atoms with Crippen molar-refractivity contribution in [3.8, 4) is 0 Å². The molecule has 82 valence electrons. The predicted octanol–water partition coefficient (Wildman–Crippen LogP) is 2.82. The van der Waals surface area contributed by atoms with Crippen LogP contribution >= 0.6 is 0 Å². The van der Waals surface area contributed by atoms with Crippen molar-refractivity contribution in [3.05, 3.63) is 0 Å². The normalized spacial score (nSPS) is 35.8. The summed E-state index contributed by atoms with van der Waals surface area (Å²) in [6.07, 6.45) is 11.5. The number of piperidine rings is 1. The highest BCUT2D eigenvalue weighted by Gasteiger charge is 2.22. The first kappa shape index (κ1) is 10.4. The summed E-state index contributed by atoms with van der Waals surface area (Å²) in [6.45, 7) is 2.26. The van der Waals surface area contributed by atoms with E-state index < -0.39 is 0 Å². The van der Waals surface area contributed by atoms with Gasteiger partial charge in [0.2, 0.25) is 0 Å². The van der Waals surface area contributed by atoms with E-state index in [9.17, 15) is 0 Å². The fourth-order valence-corrected chi connectivity index (χ4v) is 2.63. The third kappa shape index (κ3) is 2.96. The van der Waals surface area contributed by atoms with Crippen molar-refractivity contribution >= 4 is 0 Å². The van der Waals surface area contributed by atoms with Crippen LogP contribution in [0.15, 0.2) is 0 Å². The number of rotatable bonds is 2. The minimum Gasteiger partial charge on any atom is -0.360 e. The SMILES string of the molecule is CC1CCCC(OC2CCCCC2)N1. The van der Waals surface area contributed by atoms with Crippen LogP contribution in [0, 0.1) is 0 Å². The minimum atomic E-state index is 0.349. The van der Waals surface area contributed by atoms with Crippen molar-refractivity contribution in [3.63, 3.8) is 0 Å². The molecule has 2 aliphatic rings. The van der Waals surface area contributed by atoms with Crippen LogP contribution in [-0.4, -0.2) is 18.4 Å². The molecule has 2 atom stereocenters. The van der Waals surface area contributed by atoms with Gasteiger partial charge in [0.25, 0.3) is 0 Å². The van der Waals surface area contributed by atoms with Gasteiger partial charge in [-0.2, -0.15) is 0 Å². The topological polar surface area (TPSA) is 21.3 Å². The van der Waals surface area contributed by atoms with E-state index in [2.05, 4.69) is 12.2 Å². The Balaban J connectivity index is 1.72. The maximum Gasteiger partial charge on any atom is 0.108 e. The second kappa shape index (κ2) is 5.13. The molecule has 1 heterocycles. The van der Waals surface area contributed by atoms with Crippen LogP contribution < -0.4 is 5.32 Å². The zero-order valence-corrected chi connectivity index (χ0v) is 9.30. The number of hydrogen-bond acceptors (Lipinski definition) is 2. The van der Waals surface area contributed by atoms with Crippen molar-refractivity contribution in [1.82, 2.24) is 5.32 Å². The second-order valence-corrected chi connectivity index (χ2v) is 4.88. The van der Waals surface area contributed by atoms with Crippen LogP contribution in [0.4, 0.5) is 0 Å². The largest absolute Gasteiger partial charge is 0.360 e. The summed E-state index contributed by atoms with van der Waals surface area (Å²) in [7, 11) is 0. The molecule has 0 aromatic carbocycles. The smallest absolute Gasteiger partial charge is 0.108 e. The monoisotopic (exact) mass is 197 g/mol. The quantitative estimate of drug-likeness (QED) is 0.735. The van der Waals surface area contributed by atoms with Crippen LogP contribution in [-0.2, 0) is 4.74 Å². The molecule has 1 aliphatic carbocycles. The summed E-state index contributed by atoms with van der Waals surface area (Å²) >= 11 is 0. The summed E-state index contributed by atoms with van der Waals surface area (Å²) in [5, 5.41) is 3.54. The lowest BCUT2D eigenvalue weighted by Crippen LogP contribution is -2.44. The number of ether oxygens (including phenoxy) is 1. The van der Waals surface area contributed by atoms with Crippen LogP contribution in [0.25, 0.3) is 0 Å². The lowest BCUT2D eigenvalue weighted by atomic mass is 9.97. The average molecular weight is 197 g/mol. The van der Waals surface area contributed by atoms with Crippen molar-refractivity contribution < 1.29 is 4.74 Å². The van der Waals surface area contributed by atoms with E-state index in [-0.39, 0.29) is 0 Å². The summed E-state index contributed by atoms with van der Waals surface area (Å²) in [6, 6.07) is 0.650. The van der Waals surface area contributed by atoms with Crippen LogP contribution in [0.3, 0.4) is 0 Å². The highest BCUT2D eigenvalue weighted by atomic mass is 16.5. The summed E-state index contributed by atoms with van der Waals surface area (Å²) in [4.78, 5) is 0. The fraction of sp³-hybridized carbons (Fsp3) is 1.00. The lowest BCUT2D eigenvalue weighted by Gasteiger charge is -2.33. The van der Waals surface area contributed by atoms with E-state index in [4.69, 9.17) is 4.74 Å². The molecule has 0 spiro atoms. The summed E-state index contributed by atoms with van der Waals surface area (Å²) in [5.74, 6) is 0. The molecule has 1 aliphatic heterocycles. The molecule has 2 heteroatoms. The van der Waals surface area contributed by atoms with E-state index in [0.717, 1.165) is 0 Å². The third-order valence-corrected chi connectivity index (χ3v) is 3.48. The fourth-order valence-electron chi connectivity index (χ4n) is 2.63. The molecule has 14 heavy (non-hydrogen) atoms. The molecule has 1 saturated carbocycles. The third-order valence-electron chi connectivity index (χ3n) is 3.48. The van der Waals surface area contributed by atoms with Gasteiger partial charge < -0.3 is 4.74 Å². The Morgan fingerprint density at radius 2 is 1.71 bits per heavy atom. The average Bonchev–Trinajstić information content (AvgIpc) is 2.19. The van der Waals surface area contributed by atoms with Gasteiger partial charge in [-0.3, -0.25) is 5.32 Å². The second-order valence-electron chi connectivity index (χ2n) is 4.88. The van der Waals surface area contributed by atoms with Gasteiger partial charge in [-0.15, -0.1) is 0 Å². The van der Waals surface area contributed by atoms with E-state index >= 15 is 0 Å². The Morgan fingerprint density at radius 1 is 0.929 bits per heavy atom. The van der Waals surface area contributed by atoms with E-state index in [0.29, 0.717) is 18.4 Å². The molecule has 0 radical (unpaired) electrons. The lowest BCUT2D eigenvalue weighted by molar-refractivity contribution is -0.0633. The van der Waals surface area contributed by atoms with Gasteiger partial charge >= 0.3 is 0 Å². The van der Waals surface area contributed by atoms with Crippen molar-refractivity contribution in [2.75, 3.05) is 0 Å². The molecule has 2 fully saturated rings. The molecular weight excluding hydrogens is 174 g/mol. The van der Waals surface area contributed by atoms with E-state index in [1.54, 1.807) is 0 Å². The van der Waals surface area contributed by atoms with Gasteiger partial charge in [0.15, 0.2) is 0 Å². The molecule has 2 rings (SSSR count). The van der Waals surface area contributed by atoms with Crippen molar-refractivity contribution in [1.29, 1.82) is 0 Å². The Labute approximate surface area is 87.4 Å². The molecule has 0 aromatic rings. The van der Waals surface area contributed by atoms with Crippen molar-refractivity contribution in [2.45, 2.75) is 76.7 Å². The van der Waals surface area contributed by atoms with Gasteiger partial charge in [0, 0.05) is 6.04 Å².